The zero-order valence-electron chi connectivity index (χ0n) is 17.9. The summed E-state index contributed by atoms with van der Waals surface area (Å²) in [6.07, 6.45) is 5.10. The van der Waals surface area contributed by atoms with Crippen LogP contribution in [0.3, 0.4) is 0 Å². The van der Waals surface area contributed by atoms with Crippen LogP contribution in [-0.2, 0) is 24.1 Å². The highest BCUT2D eigenvalue weighted by Gasteiger charge is 2.23. The van der Waals surface area contributed by atoms with Crippen LogP contribution in [0.1, 0.15) is 52.8 Å². The maximum absolute atomic E-state index is 11.9. The standard InChI is InChI=1S/C24H27N3O3S/c1-2-19(28)16-7-9-17(10-8-16)30-23-22-18-5-3-4-6-20(18)31-24(22)26-21(25-23)15-27-11-13-29-14-12-27/h7-10H,2-6,11-15H2,1H3. The van der Waals surface area contributed by atoms with E-state index in [-0.39, 0.29) is 5.78 Å². The Kier molecular flexibility index (Phi) is 5.98. The predicted octanol–water partition coefficient (Wildman–Crippen LogP) is 4.79. The first kappa shape index (κ1) is 20.5. The molecule has 3 heterocycles. The molecular weight excluding hydrogens is 410 g/mol. The number of carbonyl (C=O) groups is 1. The third-order valence-electron chi connectivity index (χ3n) is 6.01. The van der Waals surface area contributed by atoms with Crippen LogP contribution in [0.4, 0.5) is 0 Å². The van der Waals surface area contributed by atoms with E-state index < -0.39 is 0 Å². The third kappa shape index (κ3) is 4.35. The smallest absolute Gasteiger partial charge is 0.231 e. The molecule has 6 nitrogen and oxygen atoms in total. The van der Waals surface area contributed by atoms with Crippen LogP contribution in [0.25, 0.3) is 10.2 Å². The summed E-state index contributed by atoms with van der Waals surface area (Å²) in [6, 6.07) is 7.38. The van der Waals surface area contributed by atoms with Crippen LogP contribution in [0.2, 0.25) is 0 Å². The van der Waals surface area contributed by atoms with Gasteiger partial charge in [0.1, 0.15) is 16.4 Å². The van der Waals surface area contributed by atoms with Crippen LogP contribution in [0.5, 0.6) is 11.6 Å². The molecular formula is C24H27N3O3S. The van der Waals surface area contributed by atoms with Crippen molar-refractivity contribution in [3.05, 3.63) is 46.1 Å². The number of morpholine rings is 1. The fraction of sp³-hybridized carbons (Fsp3) is 0.458. The Morgan fingerprint density at radius 3 is 2.68 bits per heavy atom. The number of hydrogen-bond donors (Lipinski definition) is 0. The van der Waals surface area contributed by atoms with Gasteiger partial charge in [0.05, 0.1) is 25.1 Å². The van der Waals surface area contributed by atoms with Gasteiger partial charge in [0.25, 0.3) is 0 Å². The molecule has 0 radical (unpaired) electrons. The molecule has 31 heavy (non-hydrogen) atoms. The van der Waals surface area contributed by atoms with Crippen LogP contribution >= 0.6 is 11.3 Å². The molecule has 0 amide bonds. The summed E-state index contributed by atoms with van der Waals surface area (Å²) < 4.78 is 11.8. The van der Waals surface area contributed by atoms with Gasteiger partial charge in [-0.2, -0.15) is 4.98 Å². The minimum atomic E-state index is 0.135. The molecule has 1 aromatic carbocycles. The Morgan fingerprint density at radius 2 is 1.90 bits per heavy atom. The van der Waals surface area contributed by atoms with Gasteiger partial charge in [-0.1, -0.05) is 6.92 Å². The van der Waals surface area contributed by atoms with E-state index in [9.17, 15) is 4.79 Å². The van der Waals surface area contributed by atoms with E-state index in [1.165, 1.54) is 23.3 Å². The highest BCUT2D eigenvalue weighted by molar-refractivity contribution is 7.18. The first-order chi connectivity index (χ1) is 15.2. The number of rotatable bonds is 6. The molecule has 1 saturated heterocycles. The molecule has 2 aliphatic rings. The highest BCUT2D eigenvalue weighted by Crippen LogP contribution is 2.40. The summed E-state index contributed by atoms with van der Waals surface area (Å²) in [5.74, 6) is 2.26. The lowest BCUT2D eigenvalue weighted by molar-refractivity contribution is 0.0330. The van der Waals surface area contributed by atoms with Crippen molar-refractivity contribution in [2.75, 3.05) is 26.3 Å². The lowest BCUT2D eigenvalue weighted by atomic mass is 9.97. The van der Waals surface area contributed by atoms with Crippen LogP contribution in [0, 0.1) is 0 Å². The minimum Gasteiger partial charge on any atom is -0.438 e. The van der Waals surface area contributed by atoms with E-state index in [0.717, 1.165) is 55.2 Å². The summed E-state index contributed by atoms with van der Waals surface area (Å²) in [7, 11) is 0. The molecule has 162 valence electrons. The summed E-state index contributed by atoms with van der Waals surface area (Å²) in [6.45, 7) is 5.86. The van der Waals surface area contributed by atoms with Gasteiger partial charge >= 0.3 is 0 Å². The van der Waals surface area contributed by atoms with E-state index in [4.69, 9.17) is 19.4 Å². The van der Waals surface area contributed by atoms with Crippen molar-refractivity contribution in [3.63, 3.8) is 0 Å². The van der Waals surface area contributed by atoms with E-state index in [2.05, 4.69) is 4.90 Å². The number of thiophene rings is 1. The maximum atomic E-state index is 11.9. The number of ketones is 1. The van der Waals surface area contributed by atoms with Crippen LogP contribution in [-0.4, -0.2) is 47.0 Å². The van der Waals surface area contributed by atoms with Crippen molar-refractivity contribution in [2.45, 2.75) is 45.6 Å². The Bertz CT molecular complexity index is 1090. The second-order valence-electron chi connectivity index (χ2n) is 8.13. The molecule has 0 spiro atoms. The molecule has 0 N–H and O–H groups in total. The molecule has 0 bridgehead atoms. The quantitative estimate of drug-likeness (QED) is 0.517. The molecule has 0 atom stereocenters. The second kappa shape index (κ2) is 9.02. The predicted molar refractivity (Wildman–Crippen MR) is 121 cm³/mol. The summed E-state index contributed by atoms with van der Waals surface area (Å²) in [5, 5.41) is 1.07. The SMILES string of the molecule is CCC(=O)c1ccc(Oc2nc(CN3CCOCC3)nc3sc4c(c23)CCCC4)cc1. The fourth-order valence-electron chi connectivity index (χ4n) is 4.29. The number of aromatic nitrogens is 2. The normalized spacial score (nSPS) is 16.9. The van der Waals surface area contributed by atoms with Crippen LogP contribution < -0.4 is 4.74 Å². The molecule has 7 heteroatoms. The second-order valence-corrected chi connectivity index (χ2v) is 9.21. The van der Waals surface area contributed by atoms with Crippen LogP contribution in [0.15, 0.2) is 24.3 Å². The van der Waals surface area contributed by atoms with Gasteiger partial charge in [-0.15, -0.1) is 11.3 Å². The first-order valence-electron chi connectivity index (χ1n) is 11.1. The average molecular weight is 438 g/mol. The van der Waals surface area contributed by atoms with Crippen molar-refractivity contribution < 1.29 is 14.3 Å². The Balaban J connectivity index is 1.50. The van der Waals surface area contributed by atoms with Gasteiger partial charge in [0.2, 0.25) is 5.88 Å². The third-order valence-corrected chi connectivity index (χ3v) is 7.19. The molecule has 1 aliphatic heterocycles. The lowest BCUT2D eigenvalue weighted by Gasteiger charge is -2.25. The lowest BCUT2D eigenvalue weighted by Crippen LogP contribution is -2.36. The number of benzene rings is 1. The topological polar surface area (TPSA) is 64.5 Å². The van der Waals surface area contributed by atoms with E-state index >= 15 is 0 Å². The van der Waals surface area contributed by atoms with Gasteiger partial charge in [-0.25, -0.2) is 4.98 Å². The number of hydrogen-bond acceptors (Lipinski definition) is 7. The largest absolute Gasteiger partial charge is 0.438 e. The van der Waals surface area contributed by atoms with Crippen molar-refractivity contribution >= 4 is 27.3 Å². The monoisotopic (exact) mass is 437 g/mol. The van der Waals surface area contributed by atoms with Crippen molar-refractivity contribution in [3.8, 4) is 11.6 Å². The maximum Gasteiger partial charge on any atom is 0.231 e. The van der Waals surface area contributed by atoms with Gasteiger partial charge in [-0.05, 0) is 55.5 Å². The number of carbonyl (C=O) groups excluding carboxylic acids is 1. The molecule has 1 fully saturated rings. The van der Waals surface area contributed by atoms with Crippen molar-refractivity contribution in [2.24, 2.45) is 0 Å². The van der Waals surface area contributed by atoms with Gasteiger partial charge < -0.3 is 9.47 Å². The van der Waals surface area contributed by atoms with Gasteiger partial charge in [0, 0.05) is 30.0 Å². The molecule has 1 aliphatic carbocycles. The Morgan fingerprint density at radius 1 is 1.13 bits per heavy atom. The minimum absolute atomic E-state index is 0.135. The van der Waals surface area contributed by atoms with Gasteiger partial charge in [0.15, 0.2) is 5.78 Å². The van der Waals surface area contributed by atoms with E-state index in [1.807, 2.05) is 31.2 Å². The number of fused-ring (bicyclic) bond motifs is 3. The number of nitrogens with zero attached hydrogens (tertiary/aromatic N) is 3. The summed E-state index contributed by atoms with van der Waals surface area (Å²) >= 11 is 1.79. The fourth-order valence-corrected chi connectivity index (χ4v) is 5.57. The van der Waals surface area contributed by atoms with Crippen molar-refractivity contribution in [1.82, 2.24) is 14.9 Å². The van der Waals surface area contributed by atoms with Gasteiger partial charge in [-0.3, -0.25) is 9.69 Å². The molecule has 3 aromatic rings. The molecule has 0 unspecified atom stereocenters. The number of aryl methyl sites for hydroxylation is 2. The zero-order chi connectivity index (χ0) is 21.2. The first-order valence-corrected chi connectivity index (χ1v) is 12.0. The molecule has 5 rings (SSSR count). The number of Topliss-reactive ketones (excluding diaryl/α,β-unsaturated/α-hetero) is 1. The zero-order valence-corrected chi connectivity index (χ0v) is 18.7. The Hall–Kier alpha value is -2.35. The Labute approximate surface area is 186 Å². The average Bonchev–Trinajstić information content (AvgIpc) is 3.18. The molecule has 0 saturated carbocycles. The van der Waals surface area contributed by atoms with E-state index in [0.29, 0.717) is 30.2 Å². The summed E-state index contributed by atoms with van der Waals surface area (Å²) in [4.78, 5) is 26.5. The summed E-state index contributed by atoms with van der Waals surface area (Å²) in [5.41, 5.74) is 2.07. The number of ether oxygens (including phenoxy) is 2. The highest BCUT2D eigenvalue weighted by atomic mass is 32.1. The van der Waals surface area contributed by atoms with Crippen molar-refractivity contribution in [1.29, 1.82) is 0 Å². The molecule has 2 aromatic heterocycles. The van der Waals surface area contributed by atoms with E-state index in [1.54, 1.807) is 11.3 Å².